The molecule has 0 atom stereocenters. The molecular formula is C13H10ClFN2O2. The summed E-state index contributed by atoms with van der Waals surface area (Å²) in [6.07, 6.45) is 0. The molecule has 0 amide bonds. The fourth-order valence-electron chi connectivity index (χ4n) is 1.61. The Balaban J connectivity index is 2.13. The third-order valence-corrected chi connectivity index (χ3v) is 2.83. The number of nitro benzene ring substituents is 1. The number of benzene rings is 2. The van der Waals surface area contributed by atoms with Gasteiger partial charge in [-0.1, -0.05) is 23.7 Å². The van der Waals surface area contributed by atoms with Gasteiger partial charge in [-0.25, -0.2) is 0 Å². The first kappa shape index (κ1) is 13.3. The minimum atomic E-state index is -0.811. The van der Waals surface area contributed by atoms with Crippen LogP contribution in [0.3, 0.4) is 0 Å². The van der Waals surface area contributed by atoms with Crippen LogP contribution in [0.1, 0.15) is 5.56 Å². The van der Waals surface area contributed by atoms with Crippen LogP contribution < -0.4 is 5.32 Å². The van der Waals surface area contributed by atoms with Crippen molar-refractivity contribution in [2.75, 3.05) is 5.32 Å². The summed E-state index contributed by atoms with van der Waals surface area (Å²) in [5, 5.41) is 14.2. The van der Waals surface area contributed by atoms with Crippen molar-refractivity contribution in [2.45, 2.75) is 6.54 Å². The molecule has 0 bridgehead atoms. The van der Waals surface area contributed by atoms with Gasteiger partial charge >= 0.3 is 5.69 Å². The van der Waals surface area contributed by atoms with Crippen LogP contribution in [0.4, 0.5) is 15.8 Å². The molecule has 0 unspecified atom stereocenters. The Morgan fingerprint density at radius 1 is 1.21 bits per heavy atom. The van der Waals surface area contributed by atoms with Crippen LogP contribution in [0.5, 0.6) is 0 Å². The maximum atomic E-state index is 13.8. The van der Waals surface area contributed by atoms with Crippen molar-refractivity contribution in [3.05, 3.63) is 69.0 Å². The topological polar surface area (TPSA) is 55.2 Å². The third kappa shape index (κ3) is 3.20. The molecule has 0 aliphatic heterocycles. The highest BCUT2D eigenvalue weighted by atomic mass is 35.5. The zero-order chi connectivity index (χ0) is 13.8. The van der Waals surface area contributed by atoms with Gasteiger partial charge in [0.25, 0.3) is 0 Å². The van der Waals surface area contributed by atoms with Gasteiger partial charge in [-0.2, -0.15) is 4.39 Å². The van der Waals surface area contributed by atoms with Crippen molar-refractivity contribution >= 4 is 23.0 Å². The maximum absolute atomic E-state index is 13.8. The summed E-state index contributed by atoms with van der Waals surface area (Å²) >= 11 is 5.75. The summed E-state index contributed by atoms with van der Waals surface area (Å²) in [5.74, 6) is -0.811. The largest absolute Gasteiger partial charge is 0.381 e. The predicted molar refractivity (Wildman–Crippen MR) is 71.8 cm³/mol. The van der Waals surface area contributed by atoms with E-state index in [9.17, 15) is 14.5 Å². The lowest BCUT2D eigenvalue weighted by Gasteiger charge is -2.07. The number of halogens is 2. The maximum Gasteiger partial charge on any atom is 0.305 e. The van der Waals surface area contributed by atoms with Crippen molar-refractivity contribution in [1.82, 2.24) is 0 Å². The normalized spacial score (nSPS) is 10.2. The molecule has 4 nitrogen and oxygen atoms in total. The van der Waals surface area contributed by atoms with Crippen LogP contribution in [-0.2, 0) is 6.54 Å². The Kier molecular flexibility index (Phi) is 3.97. The molecule has 0 spiro atoms. The summed E-state index contributed by atoms with van der Waals surface area (Å²) in [6.45, 7) is 0.162. The number of hydrogen-bond donors (Lipinski definition) is 1. The fraction of sp³-hybridized carbons (Fsp3) is 0.0769. The van der Waals surface area contributed by atoms with Gasteiger partial charge in [-0.15, -0.1) is 0 Å². The van der Waals surface area contributed by atoms with Crippen molar-refractivity contribution in [2.24, 2.45) is 0 Å². The lowest BCUT2D eigenvalue weighted by molar-refractivity contribution is -0.387. The van der Waals surface area contributed by atoms with E-state index in [1.54, 1.807) is 24.3 Å². The van der Waals surface area contributed by atoms with E-state index in [2.05, 4.69) is 5.32 Å². The summed E-state index contributed by atoms with van der Waals surface area (Å²) in [7, 11) is 0. The minimum absolute atomic E-state index is 0.162. The first-order valence-electron chi connectivity index (χ1n) is 5.49. The number of nitrogens with one attached hydrogen (secondary N) is 1. The number of nitrogens with zero attached hydrogens (tertiary/aromatic N) is 1. The quantitative estimate of drug-likeness (QED) is 0.680. The Bertz CT molecular complexity index is 602. The molecule has 0 aliphatic rings. The molecule has 0 saturated heterocycles. The van der Waals surface area contributed by atoms with Crippen molar-refractivity contribution in [1.29, 1.82) is 0 Å². The second-order valence-corrected chi connectivity index (χ2v) is 4.30. The zero-order valence-electron chi connectivity index (χ0n) is 9.77. The smallest absolute Gasteiger partial charge is 0.305 e. The lowest BCUT2D eigenvalue weighted by atomic mass is 10.2. The lowest BCUT2D eigenvalue weighted by Crippen LogP contribution is -2.03. The predicted octanol–water partition coefficient (Wildman–Crippen LogP) is 4.00. The fourth-order valence-corrected chi connectivity index (χ4v) is 1.73. The molecule has 6 heteroatoms. The molecule has 0 saturated carbocycles. The Hall–Kier alpha value is -2.14. The molecule has 2 aromatic carbocycles. The number of rotatable bonds is 4. The highest BCUT2D eigenvalue weighted by molar-refractivity contribution is 6.30. The first-order chi connectivity index (χ1) is 9.08. The number of hydrogen-bond acceptors (Lipinski definition) is 3. The average Bonchev–Trinajstić information content (AvgIpc) is 2.39. The Morgan fingerprint density at radius 2 is 1.89 bits per heavy atom. The van der Waals surface area contributed by atoms with Gasteiger partial charge in [0, 0.05) is 28.9 Å². The molecule has 0 heterocycles. The second-order valence-electron chi connectivity index (χ2n) is 3.87. The zero-order valence-corrected chi connectivity index (χ0v) is 10.5. The average molecular weight is 281 g/mol. The Labute approximate surface area is 114 Å². The van der Waals surface area contributed by atoms with Gasteiger partial charge in [-0.05, 0) is 24.3 Å². The Morgan fingerprint density at radius 3 is 2.53 bits per heavy atom. The van der Waals surface area contributed by atoms with Crippen LogP contribution in [0.2, 0.25) is 5.02 Å². The van der Waals surface area contributed by atoms with Crippen LogP contribution in [0, 0.1) is 15.9 Å². The van der Waals surface area contributed by atoms with E-state index < -0.39 is 16.4 Å². The van der Waals surface area contributed by atoms with Crippen molar-refractivity contribution < 1.29 is 9.31 Å². The van der Waals surface area contributed by atoms with E-state index in [1.165, 1.54) is 12.1 Å². The van der Waals surface area contributed by atoms with Gasteiger partial charge in [0.2, 0.25) is 5.82 Å². The summed E-state index contributed by atoms with van der Waals surface area (Å²) < 4.78 is 13.8. The van der Waals surface area contributed by atoms with Crippen molar-refractivity contribution in [3.63, 3.8) is 0 Å². The van der Waals surface area contributed by atoms with Gasteiger partial charge < -0.3 is 5.32 Å². The van der Waals surface area contributed by atoms with E-state index in [1.807, 2.05) is 0 Å². The molecule has 2 aromatic rings. The van der Waals surface area contributed by atoms with Crippen LogP contribution in [0.25, 0.3) is 0 Å². The number of anilines is 1. The SMILES string of the molecule is O=[N+]([O-])c1cccc(CNc2ccc(Cl)cc2)c1F. The van der Waals surface area contributed by atoms with Gasteiger partial charge in [0.05, 0.1) is 4.92 Å². The molecule has 0 aromatic heterocycles. The molecule has 1 N–H and O–H groups in total. The number of nitro groups is 1. The summed E-state index contributed by atoms with van der Waals surface area (Å²) in [5.41, 5.74) is 0.481. The van der Waals surface area contributed by atoms with E-state index >= 15 is 0 Å². The van der Waals surface area contributed by atoms with E-state index in [0.717, 1.165) is 11.8 Å². The summed E-state index contributed by atoms with van der Waals surface area (Å²) in [6, 6.07) is 11.0. The monoisotopic (exact) mass is 280 g/mol. The van der Waals surface area contributed by atoms with Gasteiger partial charge in [-0.3, -0.25) is 10.1 Å². The standard InChI is InChI=1S/C13H10ClFN2O2/c14-10-4-6-11(7-5-10)16-8-9-2-1-3-12(13(9)15)17(18)19/h1-7,16H,8H2. The van der Waals surface area contributed by atoms with Crippen LogP contribution in [0.15, 0.2) is 42.5 Å². The molecule has 98 valence electrons. The molecule has 0 aliphatic carbocycles. The molecule has 0 fully saturated rings. The van der Waals surface area contributed by atoms with E-state index in [-0.39, 0.29) is 12.1 Å². The highest BCUT2D eigenvalue weighted by Crippen LogP contribution is 2.21. The van der Waals surface area contributed by atoms with Gasteiger partial charge in [0.1, 0.15) is 0 Å². The van der Waals surface area contributed by atoms with E-state index in [4.69, 9.17) is 11.6 Å². The molecular weight excluding hydrogens is 271 g/mol. The summed E-state index contributed by atoms with van der Waals surface area (Å²) in [4.78, 5) is 9.88. The minimum Gasteiger partial charge on any atom is -0.381 e. The van der Waals surface area contributed by atoms with Crippen LogP contribution >= 0.6 is 11.6 Å². The van der Waals surface area contributed by atoms with E-state index in [0.29, 0.717) is 5.02 Å². The molecule has 2 rings (SSSR count). The van der Waals surface area contributed by atoms with Crippen molar-refractivity contribution in [3.8, 4) is 0 Å². The van der Waals surface area contributed by atoms with Gasteiger partial charge in [0.15, 0.2) is 0 Å². The molecule has 19 heavy (non-hydrogen) atoms. The second kappa shape index (κ2) is 5.67. The highest BCUT2D eigenvalue weighted by Gasteiger charge is 2.16. The van der Waals surface area contributed by atoms with Crippen LogP contribution in [-0.4, -0.2) is 4.92 Å². The molecule has 0 radical (unpaired) electrons. The third-order valence-electron chi connectivity index (χ3n) is 2.58. The first-order valence-corrected chi connectivity index (χ1v) is 5.87.